The highest BCUT2D eigenvalue weighted by molar-refractivity contribution is 6.11. The van der Waals surface area contributed by atoms with E-state index in [1.54, 1.807) is 12.1 Å². The number of unbranched alkanes of at least 4 members (excludes halogenated alkanes) is 1. The molecule has 4 rings (SSSR count). The second-order valence-corrected chi connectivity index (χ2v) is 9.19. The van der Waals surface area contributed by atoms with E-state index in [4.69, 9.17) is 0 Å². The van der Waals surface area contributed by atoms with Gasteiger partial charge in [0.25, 0.3) is 5.91 Å². The normalized spacial score (nSPS) is 23.9. The van der Waals surface area contributed by atoms with Crippen LogP contribution in [0.2, 0.25) is 0 Å². The zero-order valence-corrected chi connectivity index (χ0v) is 18.9. The molecule has 6 nitrogen and oxygen atoms in total. The number of hydrogen-bond donors (Lipinski definition) is 2. The van der Waals surface area contributed by atoms with Crippen LogP contribution >= 0.6 is 0 Å². The Kier molecular flexibility index (Phi) is 5.73. The number of aromatic nitrogens is 2. The lowest BCUT2D eigenvalue weighted by molar-refractivity contribution is -0.126. The molecule has 0 radical (unpaired) electrons. The number of carbonyl (C=O) groups excluding carboxylic acids is 2. The standard InChI is InChI=1S/C25H32N4O2/c1-5-6-13-29-17(3)22(16(2)28-29)27-23(30)20-9-7-8-10-21(20)26-24(31)25(4)15-18-11-12-19(25)14-18/h7-12,18-19H,5-6,13-15H2,1-4H3,(H,26,31)(H,27,30)/t18-,19-,25+/m0/s1. The van der Waals surface area contributed by atoms with E-state index >= 15 is 0 Å². The van der Waals surface area contributed by atoms with Gasteiger partial charge in [-0.2, -0.15) is 5.10 Å². The third-order valence-electron chi connectivity index (χ3n) is 6.96. The van der Waals surface area contributed by atoms with Crippen LogP contribution in [-0.2, 0) is 11.3 Å². The van der Waals surface area contributed by atoms with Crippen molar-refractivity contribution in [2.75, 3.05) is 10.6 Å². The summed E-state index contributed by atoms with van der Waals surface area (Å²) in [4.78, 5) is 26.3. The van der Waals surface area contributed by atoms with Gasteiger partial charge < -0.3 is 10.6 Å². The molecule has 164 valence electrons. The summed E-state index contributed by atoms with van der Waals surface area (Å²) in [5.41, 5.74) is 3.07. The summed E-state index contributed by atoms with van der Waals surface area (Å²) in [7, 11) is 0. The van der Waals surface area contributed by atoms with E-state index in [0.29, 0.717) is 17.2 Å². The van der Waals surface area contributed by atoms with Crippen molar-refractivity contribution in [1.82, 2.24) is 9.78 Å². The first-order valence-corrected chi connectivity index (χ1v) is 11.3. The minimum Gasteiger partial charge on any atom is -0.325 e. The lowest BCUT2D eigenvalue weighted by Gasteiger charge is -2.30. The van der Waals surface area contributed by atoms with Crippen LogP contribution in [0.5, 0.6) is 0 Å². The van der Waals surface area contributed by atoms with Crippen molar-refractivity contribution in [3.05, 3.63) is 53.4 Å². The molecule has 31 heavy (non-hydrogen) atoms. The second-order valence-electron chi connectivity index (χ2n) is 9.19. The van der Waals surface area contributed by atoms with Crippen molar-refractivity contribution in [1.29, 1.82) is 0 Å². The van der Waals surface area contributed by atoms with Gasteiger partial charge >= 0.3 is 0 Å². The average Bonchev–Trinajstić information content (AvgIpc) is 3.42. The molecule has 0 aliphatic heterocycles. The zero-order chi connectivity index (χ0) is 22.2. The molecule has 1 fully saturated rings. The predicted octanol–water partition coefficient (Wildman–Crippen LogP) is 5.09. The molecule has 2 aliphatic rings. The van der Waals surface area contributed by atoms with E-state index in [9.17, 15) is 9.59 Å². The average molecular weight is 421 g/mol. The number of rotatable bonds is 7. The molecule has 1 saturated carbocycles. The van der Waals surface area contributed by atoms with Gasteiger partial charge in [-0.05, 0) is 57.1 Å². The molecule has 1 heterocycles. The summed E-state index contributed by atoms with van der Waals surface area (Å²) in [6.07, 6.45) is 8.44. The highest BCUT2D eigenvalue weighted by Crippen LogP contribution is 2.52. The maximum atomic E-state index is 13.2. The van der Waals surface area contributed by atoms with E-state index in [1.165, 1.54) is 0 Å². The van der Waals surface area contributed by atoms with Gasteiger partial charge in [-0.25, -0.2) is 0 Å². The number of hydrogen-bond acceptors (Lipinski definition) is 3. The molecular weight excluding hydrogens is 388 g/mol. The Morgan fingerprint density at radius 3 is 2.65 bits per heavy atom. The van der Waals surface area contributed by atoms with E-state index in [0.717, 1.165) is 49.3 Å². The van der Waals surface area contributed by atoms with Crippen LogP contribution < -0.4 is 10.6 Å². The van der Waals surface area contributed by atoms with Crippen LogP contribution in [-0.4, -0.2) is 21.6 Å². The van der Waals surface area contributed by atoms with Gasteiger partial charge in [0, 0.05) is 6.54 Å². The van der Waals surface area contributed by atoms with Gasteiger partial charge in [0.15, 0.2) is 0 Å². The third kappa shape index (κ3) is 3.91. The molecule has 2 aromatic rings. The number of fused-ring (bicyclic) bond motifs is 2. The van der Waals surface area contributed by atoms with E-state index in [2.05, 4.69) is 34.8 Å². The van der Waals surface area contributed by atoms with E-state index in [1.807, 2.05) is 37.6 Å². The molecule has 3 atom stereocenters. The van der Waals surface area contributed by atoms with Crippen molar-refractivity contribution < 1.29 is 9.59 Å². The van der Waals surface area contributed by atoms with Gasteiger partial charge in [-0.15, -0.1) is 0 Å². The Hall–Kier alpha value is -2.89. The molecule has 6 heteroatoms. The van der Waals surface area contributed by atoms with Crippen LogP contribution in [0.4, 0.5) is 11.4 Å². The third-order valence-corrected chi connectivity index (χ3v) is 6.96. The first-order valence-electron chi connectivity index (χ1n) is 11.3. The van der Waals surface area contributed by atoms with Gasteiger partial charge in [0.05, 0.1) is 33.7 Å². The highest BCUT2D eigenvalue weighted by Gasteiger charge is 2.50. The molecule has 2 bridgehead atoms. The van der Waals surface area contributed by atoms with E-state index < -0.39 is 5.41 Å². The smallest absolute Gasteiger partial charge is 0.257 e. The van der Waals surface area contributed by atoms with Gasteiger partial charge in [0.2, 0.25) is 5.91 Å². The zero-order valence-electron chi connectivity index (χ0n) is 18.9. The summed E-state index contributed by atoms with van der Waals surface area (Å²) < 4.78 is 1.95. The number of para-hydroxylation sites is 1. The van der Waals surface area contributed by atoms with Gasteiger partial charge in [0.1, 0.15) is 0 Å². The maximum Gasteiger partial charge on any atom is 0.257 e. The monoisotopic (exact) mass is 420 g/mol. The fourth-order valence-electron chi connectivity index (χ4n) is 5.00. The van der Waals surface area contributed by atoms with Crippen molar-refractivity contribution in [2.24, 2.45) is 17.3 Å². The van der Waals surface area contributed by atoms with E-state index in [-0.39, 0.29) is 17.7 Å². The van der Waals surface area contributed by atoms with Crippen LogP contribution in [0.1, 0.15) is 61.3 Å². The molecule has 2 N–H and O–H groups in total. The quantitative estimate of drug-likeness (QED) is 0.612. The molecule has 1 aromatic carbocycles. The molecule has 1 aromatic heterocycles. The summed E-state index contributed by atoms with van der Waals surface area (Å²) in [5, 5.41) is 10.7. The minimum absolute atomic E-state index is 0.00986. The van der Waals surface area contributed by atoms with Crippen molar-refractivity contribution >= 4 is 23.2 Å². The van der Waals surface area contributed by atoms with Gasteiger partial charge in [-0.3, -0.25) is 14.3 Å². The van der Waals surface area contributed by atoms with Crippen molar-refractivity contribution in [3.63, 3.8) is 0 Å². The second kappa shape index (κ2) is 8.33. The number of nitrogens with zero attached hydrogens (tertiary/aromatic N) is 2. The van der Waals surface area contributed by atoms with Crippen LogP contribution in [0.25, 0.3) is 0 Å². The molecule has 0 spiro atoms. The van der Waals surface area contributed by atoms with Crippen molar-refractivity contribution in [3.8, 4) is 0 Å². The lowest BCUT2D eigenvalue weighted by atomic mass is 9.76. The molecule has 0 unspecified atom stereocenters. The SMILES string of the molecule is CCCCn1nc(C)c(NC(=O)c2ccccc2NC(=O)[C@]2(C)C[C@H]3C=C[C@H]2C3)c1C. The fraction of sp³-hybridized carbons (Fsp3) is 0.480. The van der Waals surface area contributed by atoms with Crippen LogP contribution in [0.3, 0.4) is 0 Å². The minimum atomic E-state index is -0.420. The Morgan fingerprint density at radius 2 is 1.97 bits per heavy atom. The maximum absolute atomic E-state index is 13.2. The summed E-state index contributed by atoms with van der Waals surface area (Å²) >= 11 is 0. The number of amides is 2. The summed E-state index contributed by atoms with van der Waals surface area (Å²) in [6.45, 7) is 8.90. The van der Waals surface area contributed by atoms with Crippen LogP contribution in [0.15, 0.2) is 36.4 Å². The molecular formula is C25H32N4O2. The lowest BCUT2D eigenvalue weighted by Crippen LogP contribution is -2.37. The molecule has 2 amide bonds. The summed E-state index contributed by atoms with van der Waals surface area (Å²) in [5.74, 6) is 0.520. The number of anilines is 2. The first-order chi connectivity index (χ1) is 14.8. The number of aryl methyl sites for hydroxylation is 2. The van der Waals surface area contributed by atoms with Gasteiger partial charge in [-0.1, -0.05) is 44.6 Å². The number of carbonyl (C=O) groups is 2. The first kappa shape index (κ1) is 21.3. The Labute approximate surface area is 184 Å². The Balaban J connectivity index is 1.52. The topological polar surface area (TPSA) is 76.0 Å². The highest BCUT2D eigenvalue weighted by atomic mass is 16.2. The Morgan fingerprint density at radius 1 is 1.19 bits per heavy atom. The van der Waals surface area contributed by atoms with Crippen molar-refractivity contribution in [2.45, 2.75) is 59.9 Å². The fourth-order valence-corrected chi connectivity index (χ4v) is 5.00. The number of nitrogens with one attached hydrogen (secondary N) is 2. The Bertz CT molecular complexity index is 1040. The van der Waals surface area contributed by atoms with Crippen LogP contribution in [0, 0.1) is 31.1 Å². The number of allylic oxidation sites excluding steroid dienone is 2. The summed E-state index contributed by atoms with van der Waals surface area (Å²) in [6, 6.07) is 7.20. The predicted molar refractivity (Wildman–Crippen MR) is 123 cm³/mol. The number of benzene rings is 1. The largest absolute Gasteiger partial charge is 0.325 e. The molecule has 2 aliphatic carbocycles. The molecule has 0 saturated heterocycles.